The molecule has 0 unspecified atom stereocenters. The van der Waals surface area contributed by atoms with Gasteiger partial charge in [0.25, 0.3) is 5.91 Å². The molecule has 2 aromatic carbocycles. The molecule has 0 atom stereocenters. The van der Waals surface area contributed by atoms with E-state index in [0.717, 1.165) is 6.07 Å². The Morgan fingerprint density at radius 2 is 1.91 bits per heavy atom. The SMILES string of the molecule is Cc1cc(F)ccc1NC(=O)c1cc(=O)c2ccccc2o1. The molecule has 0 saturated heterocycles. The number of hydrogen-bond acceptors (Lipinski definition) is 3. The fourth-order valence-corrected chi connectivity index (χ4v) is 2.17. The molecule has 0 aliphatic rings. The van der Waals surface area contributed by atoms with E-state index in [1.54, 1.807) is 31.2 Å². The van der Waals surface area contributed by atoms with E-state index in [9.17, 15) is 14.0 Å². The lowest BCUT2D eigenvalue weighted by Gasteiger charge is -2.08. The van der Waals surface area contributed by atoms with Gasteiger partial charge in [-0.2, -0.15) is 0 Å². The van der Waals surface area contributed by atoms with Crippen LogP contribution in [0.1, 0.15) is 16.1 Å². The molecule has 110 valence electrons. The molecule has 1 heterocycles. The molecular weight excluding hydrogens is 285 g/mol. The maximum atomic E-state index is 13.1. The van der Waals surface area contributed by atoms with Crippen LogP contribution in [0.3, 0.4) is 0 Å². The van der Waals surface area contributed by atoms with Gasteiger partial charge in [-0.1, -0.05) is 12.1 Å². The van der Waals surface area contributed by atoms with Crippen LogP contribution in [-0.2, 0) is 0 Å². The van der Waals surface area contributed by atoms with Gasteiger partial charge in [0.2, 0.25) is 0 Å². The van der Waals surface area contributed by atoms with Gasteiger partial charge in [0.15, 0.2) is 11.2 Å². The summed E-state index contributed by atoms with van der Waals surface area (Å²) in [6.45, 7) is 1.68. The van der Waals surface area contributed by atoms with Gasteiger partial charge in [0, 0.05) is 11.8 Å². The molecule has 0 fully saturated rings. The highest BCUT2D eigenvalue weighted by atomic mass is 19.1. The number of rotatable bonds is 2. The highest BCUT2D eigenvalue weighted by Gasteiger charge is 2.13. The van der Waals surface area contributed by atoms with Crippen molar-refractivity contribution in [3.63, 3.8) is 0 Å². The third kappa shape index (κ3) is 2.61. The first-order chi connectivity index (χ1) is 10.5. The predicted molar refractivity (Wildman–Crippen MR) is 81.6 cm³/mol. The summed E-state index contributed by atoms with van der Waals surface area (Å²) in [6, 6.07) is 11.9. The number of anilines is 1. The highest BCUT2D eigenvalue weighted by molar-refractivity contribution is 6.03. The van der Waals surface area contributed by atoms with E-state index >= 15 is 0 Å². The van der Waals surface area contributed by atoms with Gasteiger partial charge in [-0.3, -0.25) is 9.59 Å². The van der Waals surface area contributed by atoms with Gasteiger partial charge in [-0.05, 0) is 42.8 Å². The average molecular weight is 297 g/mol. The van der Waals surface area contributed by atoms with Crippen molar-refractivity contribution in [2.24, 2.45) is 0 Å². The molecule has 22 heavy (non-hydrogen) atoms. The first-order valence-corrected chi connectivity index (χ1v) is 6.65. The Morgan fingerprint density at radius 1 is 1.14 bits per heavy atom. The van der Waals surface area contributed by atoms with Crippen molar-refractivity contribution < 1.29 is 13.6 Å². The molecule has 3 aromatic rings. The maximum Gasteiger partial charge on any atom is 0.291 e. The van der Waals surface area contributed by atoms with Gasteiger partial charge >= 0.3 is 0 Å². The number of benzene rings is 2. The molecule has 1 N–H and O–H groups in total. The molecule has 1 aromatic heterocycles. The van der Waals surface area contributed by atoms with Crippen LogP contribution in [0, 0.1) is 12.7 Å². The Bertz CT molecular complexity index is 931. The second kappa shape index (κ2) is 5.44. The molecule has 0 radical (unpaired) electrons. The molecule has 0 aliphatic heterocycles. The number of halogens is 1. The Balaban J connectivity index is 1.97. The molecule has 1 amide bonds. The molecule has 0 bridgehead atoms. The topological polar surface area (TPSA) is 59.3 Å². The molecular formula is C17H12FNO3. The van der Waals surface area contributed by atoms with Crippen LogP contribution < -0.4 is 10.7 Å². The lowest BCUT2D eigenvalue weighted by atomic mass is 10.2. The lowest BCUT2D eigenvalue weighted by molar-refractivity contribution is 0.0997. The number of carbonyl (C=O) groups excluding carboxylic acids is 1. The molecule has 0 spiro atoms. The smallest absolute Gasteiger partial charge is 0.291 e. The average Bonchev–Trinajstić information content (AvgIpc) is 2.50. The zero-order chi connectivity index (χ0) is 15.7. The van der Waals surface area contributed by atoms with E-state index in [2.05, 4.69) is 5.32 Å². The van der Waals surface area contributed by atoms with E-state index < -0.39 is 5.91 Å². The minimum absolute atomic E-state index is 0.0903. The fraction of sp³-hybridized carbons (Fsp3) is 0.0588. The summed E-state index contributed by atoms with van der Waals surface area (Å²) in [4.78, 5) is 24.2. The third-order valence-corrected chi connectivity index (χ3v) is 3.30. The van der Waals surface area contributed by atoms with Crippen LogP contribution >= 0.6 is 0 Å². The van der Waals surface area contributed by atoms with E-state index in [0.29, 0.717) is 22.2 Å². The second-order valence-electron chi connectivity index (χ2n) is 4.88. The minimum Gasteiger partial charge on any atom is -0.451 e. The lowest BCUT2D eigenvalue weighted by Crippen LogP contribution is -2.15. The monoisotopic (exact) mass is 297 g/mol. The van der Waals surface area contributed by atoms with Crippen molar-refractivity contribution in [3.05, 3.63) is 75.9 Å². The van der Waals surface area contributed by atoms with Crippen molar-refractivity contribution in [2.75, 3.05) is 5.32 Å². The molecule has 0 aliphatic carbocycles. The van der Waals surface area contributed by atoms with Gasteiger partial charge in [-0.25, -0.2) is 4.39 Å². The van der Waals surface area contributed by atoms with Crippen LogP contribution in [0.4, 0.5) is 10.1 Å². The summed E-state index contributed by atoms with van der Waals surface area (Å²) in [5.74, 6) is -1.03. The summed E-state index contributed by atoms with van der Waals surface area (Å²) in [7, 11) is 0. The first kappa shape index (κ1) is 14.0. The van der Waals surface area contributed by atoms with Crippen molar-refractivity contribution in [3.8, 4) is 0 Å². The largest absolute Gasteiger partial charge is 0.451 e. The predicted octanol–water partition coefficient (Wildman–Crippen LogP) is 3.49. The summed E-state index contributed by atoms with van der Waals surface area (Å²) in [5.41, 5.74) is 1.09. The van der Waals surface area contributed by atoms with Gasteiger partial charge in [-0.15, -0.1) is 0 Å². The number of amides is 1. The Morgan fingerprint density at radius 3 is 2.68 bits per heavy atom. The van der Waals surface area contributed by atoms with Crippen molar-refractivity contribution in [1.82, 2.24) is 0 Å². The number of hydrogen-bond donors (Lipinski definition) is 1. The number of para-hydroxylation sites is 1. The van der Waals surface area contributed by atoms with E-state index in [4.69, 9.17) is 4.42 Å². The quantitative estimate of drug-likeness (QED) is 0.787. The van der Waals surface area contributed by atoms with E-state index in [1.165, 1.54) is 18.2 Å². The highest BCUT2D eigenvalue weighted by Crippen LogP contribution is 2.18. The first-order valence-electron chi connectivity index (χ1n) is 6.65. The molecule has 4 nitrogen and oxygen atoms in total. The van der Waals surface area contributed by atoms with Crippen LogP contribution in [0.5, 0.6) is 0 Å². The summed E-state index contributed by atoms with van der Waals surface area (Å²) in [5, 5.41) is 3.02. The molecule has 0 saturated carbocycles. The maximum absolute atomic E-state index is 13.1. The van der Waals surface area contributed by atoms with Crippen LogP contribution in [0.15, 0.2) is 57.7 Å². The summed E-state index contributed by atoms with van der Waals surface area (Å²) < 4.78 is 18.5. The summed E-state index contributed by atoms with van der Waals surface area (Å²) >= 11 is 0. The zero-order valence-corrected chi connectivity index (χ0v) is 11.7. The molecule has 5 heteroatoms. The van der Waals surface area contributed by atoms with Crippen LogP contribution in [0.25, 0.3) is 11.0 Å². The Labute approximate surface area is 125 Å². The number of carbonyl (C=O) groups is 1. The van der Waals surface area contributed by atoms with Crippen molar-refractivity contribution >= 4 is 22.6 Å². The van der Waals surface area contributed by atoms with Crippen LogP contribution in [-0.4, -0.2) is 5.91 Å². The van der Waals surface area contributed by atoms with Crippen molar-refractivity contribution in [2.45, 2.75) is 6.92 Å². The van der Waals surface area contributed by atoms with Gasteiger partial charge in [0.05, 0.1) is 5.39 Å². The second-order valence-corrected chi connectivity index (χ2v) is 4.88. The fourth-order valence-electron chi connectivity index (χ4n) is 2.17. The van der Waals surface area contributed by atoms with Crippen molar-refractivity contribution in [1.29, 1.82) is 0 Å². The van der Waals surface area contributed by atoms with E-state index in [1.807, 2.05) is 0 Å². The molecule has 3 rings (SSSR count). The number of fused-ring (bicyclic) bond motifs is 1. The minimum atomic E-state index is -0.558. The Hall–Kier alpha value is -2.95. The zero-order valence-electron chi connectivity index (χ0n) is 11.7. The Kier molecular flexibility index (Phi) is 3.47. The number of nitrogens with one attached hydrogen (secondary N) is 1. The normalized spacial score (nSPS) is 10.6. The van der Waals surface area contributed by atoms with Gasteiger partial charge < -0.3 is 9.73 Å². The van der Waals surface area contributed by atoms with Gasteiger partial charge in [0.1, 0.15) is 11.4 Å². The number of aryl methyl sites for hydroxylation is 1. The standard InChI is InChI=1S/C17H12FNO3/c1-10-8-11(18)6-7-13(10)19-17(21)16-9-14(20)12-4-2-3-5-15(12)22-16/h2-9H,1H3,(H,19,21). The van der Waals surface area contributed by atoms with E-state index in [-0.39, 0.29) is 17.0 Å². The summed E-state index contributed by atoms with van der Waals surface area (Å²) in [6.07, 6.45) is 0. The van der Waals surface area contributed by atoms with Crippen LogP contribution in [0.2, 0.25) is 0 Å². The third-order valence-electron chi connectivity index (χ3n) is 3.30.